The fourth-order valence-electron chi connectivity index (χ4n) is 1.93. The van der Waals surface area contributed by atoms with Crippen LogP contribution in [-0.2, 0) is 9.53 Å². The van der Waals surface area contributed by atoms with E-state index < -0.39 is 17.5 Å². The summed E-state index contributed by atoms with van der Waals surface area (Å²) in [5.41, 5.74) is -1.21. The van der Waals surface area contributed by atoms with Gasteiger partial charge in [-0.05, 0) is 38.5 Å². The van der Waals surface area contributed by atoms with Gasteiger partial charge >= 0.3 is 12.0 Å². The fourth-order valence-corrected chi connectivity index (χ4v) is 1.93. The van der Waals surface area contributed by atoms with Crippen molar-refractivity contribution in [1.29, 1.82) is 0 Å². The third kappa shape index (κ3) is 6.23. The molecule has 1 fully saturated rings. The van der Waals surface area contributed by atoms with Crippen LogP contribution in [0.25, 0.3) is 0 Å². The van der Waals surface area contributed by atoms with Crippen molar-refractivity contribution in [2.24, 2.45) is 5.92 Å². The number of ether oxygens (including phenoxy) is 1. The first-order valence-electron chi connectivity index (χ1n) is 7.35. The number of amides is 2. The van der Waals surface area contributed by atoms with E-state index in [1.807, 2.05) is 6.92 Å². The lowest BCUT2D eigenvalue weighted by atomic mass is 9.97. The summed E-state index contributed by atoms with van der Waals surface area (Å²) in [5, 5.41) is 14.3. The molecule has 3 N–H and O–H groups in total. The molecule has 1 unspecified atom stereocenters. The lowest BCUT2D eigenvalue weighted by Crippen LogP contribution is -2.55. The van der Waals surface area contributed by atoms with Crippen LogP contribution in [0.2, 0.25) is 0 Å². The molecule has 0 aromatic carbocycles. The van der Waals surface area contributed by atoms with Gasteiger partial charge in [-0.3, -0.25) is 0 Å². The molecule has 0 radical (unpaired) electrons. The van der Waals surface area contributed by atoms with Crippen LogP contribution < -0.4 is 10.6 Å². The summed E-state index contributed by atoms with van der Waals surface area (Å²) in [6.45, 7) is 5.34. The summed E-state index contributed by atoms with van der Waals surface area (Å²) in [7, 11) is 0. The number of hydrogen-bond donors (Lipinski definition) is 3. The van der Waals surface area contributed by atoms with Crippen molar-refractivity contribution < 1.29 is 19.4 Å². The Kier molecular flexibility index (Phi) is 6.78. The number of carboxylic acid groups (broad SMARTS) is 1. The molecule has 0 aromatic heterocycles. The Labute approximate surface area is 120 Å². The number of aliphatic carboxylic acids is 1. The van der Waals surface area contributed by atoms with Gasteiger partial charge < -0.3 is 20.5 Å². The second-order valence-electron chi connectivity index (χ2n) is 5.64. The standard InChI is InChI=1S/C14H26N2O4/c1-3-7-14(2,12(17)18)16-13(19)15-8-4-9-20-10-11-5-6-11/h11H,3-10H2,1-2H3,(H,17,18)(H2,15,16,19). The number of urea groups is 1. The first-order valence-corrected chi connectivity index (χ1v) is 7.35. The van der Waals surface area contributed by atoms with E-state index in [9.17, 15) is 9.59 Å². The van der Waals surface area contributed by atoms with E-state index in [-0.39, 0.29) is 0 Å². The Morgan fingerprint density at radius 3 is 2.65 bits per heavy atom. The predicted octanol–water partition coefficient (Wildman–Crippen LogP) is 1.75. The van der Waals surface area contributed by atoms with Gasteiger partial charge in [-0.15, -0.1) is 0 Å². The maximum atomic E-state index is 11.7. The third-order valence-electron chi connectivity index (χ3n) is 3.41. The van der Waals surface area contributed by atoms with E-state index >= 15 is 0 Å². The maximum Gasteiger partial charge on any atom is 0.329 e. The molecule has 1 aliphatic carbocycles. The molecule has 0 heterocycles. The quantitative estimate of drug-likeness (QED) is 0.534. The zero-order valence-electron chi connectivity index (χ0n) is 12.4. The zero-order valence-corrected chi connectivity index (χ0v) is 12.4. The second kappa shape index (κ2) is 8.09. The highest BCUT2D eigenvalue weighted by molar-refractivity contribution is 5.85. The second-order valence-corrected chi connectivity index (χ2v) is 5.64. The summed E-state index contributed by atoms with van der Waals surface area (Å²) in [5.74, 6) is -0.265. The number of carbonyl (C=O) groups is 2. The monoisotopic (exact) mass is 286 g/mol. The van der Waals surface area contributed by atoms with Crippen molar-refractivity contribution in [2.45, 2.75) is 51.5 Å². The number of hydrogen-bond acceptors (Lipinski definition) is 3. The van der Waals surface area contributed by atoms with Gasteiger partial charge in [0.05, 0.1) is 0 Å². The highest BCUT2D eigenvalue weighted by Gasteiger charge is 2.33. The first-order chi connectivity index (χ1) is 9.48. The Bertz CT molecular complexity index is 331. The van der Waals surface area contributed by atoms with Crippen LogP contribution in [-0.4, -0.2) is 42.4 Å². The van der Waals surface area contributed by atoms with Gasteiger partial charge in [0.2, 0.25) is 0 Å². The van der Waals surface area contributed by atoms with Gasteiger partial charge in [-0.25, -0.2) is 9.59 Å². The van der Waals surface area contributed by atoms with E-state index in [0.29, 0.717) is 26.0 Å². The van der Waals surface area contributed by atoms with Crippen LogP contribution in [0.15, 0.2) is 0 Å². The lowest BCUT2D eigenvalue weighted by Gasteiger charge is -2.25. The molecule has 0 spiro atoms. The average Bonchev–Trinajstić information content (AvgIpc) is 3.17. The van der Waals surface area contributed by atoms with Crippen molar-refractivity contribution in [3.05, 3.63) is 0 Å². The summed E-state index contributed by atoms with van der Waals surface area (Å²) in [4.78, 5) is 22.8. The number of nitrogens with one attached hydrogen (secondary N) is 2. The van der Waals surface area contributed by atoms with Gasteiger partial charge in [-0.2, -0.15) is 0 Å². The smallest absolute Gasteiger partial charge is 0.329 e. The highest BCUT2D eigenvalue weighted by atomic mass is 16.5. The topological polar surface area (TPSA) is 87.7 Å². The minimum absolute atomic E-state index is 0.403. The van der Waals surface area contributed by atoms with Gasteiger partial charge in [0.15, 0.2) is 0 Å². The fraction of sp³-hybridized carbons (Fsp3) is 0.857. The minimum Gasteiger partial charge on any atom is -0.480 e. The molecule has 2 amide bonds. The van der Waals surface area contributed by atoms with Gasteiger partial charge in [-0.1, -0.05) is 13.3 Å². The van der Waals surface area contributed by atoms with Gasteiger partial charge in [0.1, 0.15) is 5.54 Å². The van der Waals surface area contributed by atoms with Crippen molar-refractivity contribution in [2.75, 3.05) is 19.8 Å². The average molecular weight is 286 g/mol. The van der Waals surface area contributed by atoms with Crippen molar-refractivity contribution in [3.63, 3.8) is 0 Å². The van der Waals surface area contributed by atoms with Crippen molar-refractivity contribution in [3.8, 4) is 0 Å². The molecule has 1 rings (SSSR count). The van der Waals surface area contributed by atoms with Crippen molar-refractivity contribution in [1.82, 2.24) is 10.6 Å². The molecule has 1 atom stereocenters. The molecular formula is C14H26N2O4. The molecule has 0 bridgehead atoms. The van der Waals surface area contributed by atoms with Gasteiger partial charge in [0.25, 0.3) is 0 Å². The van der Waals surface area contributed by atoms with Crippen molar-refractivity contribution >= 4 is 12.0 Å². The summed E-state index contributed by atoms with van der Waals surface area (Å²) in [6, 6.07) is -0.439. The van der Waals surface area contributed by atoms with E-state index in [2.05, 4.69) is 10.6 Å². The third-order valence-corrected chi connectivity index (χ3v) is 3.41. The summed E-state index contributed by atoms with van der Waals surface area (Å²) >= 11 is 0. The van der Waals surface area contributed by atoms with Crippen LogP contribution in [0, 0.1) is 5.92 Å². The van der Waals surface area contributed by atoms with E-state index in [0.717, 1.165) is 18.9 Å². The van der Waals surface area contributed by atoms with Crippen LogP contribution >= 0.6 is 0 Å². The van der Waals surface area contributed by atoms with Crippen LogP contribution in [0.5, 0.6) is 0 Å². The van der Waals surface area contributed by atoms with E-state index in [4.69, 9.17) is 9.84 Å². The Morgan fingerprint density at radius 2 is 2.10 bits per heavy atom. The number of rotatable bonds is 10. The first kappa shape index (κ1) is 16.8. The molecule has 1 saturated carbocycles. The molecule has 0 aliphatic heterocycles. The number of carbonyl (C=O) groups excluding carboxylic acids is 1. The predicted molar refractivity (Wildman–Crippen MR) is 75.6 cm³/mol. The molecule has 6 nitrogen and oxygen atoms in total. The Balaban J connectivity index is 2.12. The minimum atomic E-state index is -1.21. The largest absolute Gasteiger partial charge is 0.480 e. The highest BCUT2D eigenvalue weighted by Crippen LogP contribution is 2.28. The SMILES string of the molecule is CCCC(C)(NC(=O)NCCCOCC1CC1)C(=O)O. The molecule has 6 heteroatoms. The molecule has 20 heavy (non-hydrogen) atoms. The zero-order chi connectivity index (χ0) is 15.0. The Morgan fingerprint density at radius 1 is 1.40 bits per heavy atom. The molecular weight excluding hydrogens is 260 g/mol. The molecule has 116 valence electrons. The normalized spacial score (nSPS) is 17.3. The maximum absolute atomic E-state index is 11.7. The summed E-state index contributed by atoms with van der Waals surface area (Å²) < 4.78 is 5.45. The molecule has 0 saturated heterocycles. The summed E-state index contributed by atoms with van der Waals surface area (Å²) in [6.07, 6.45) is 4.37. The molecule has 0 aromatic rings. The lowest BCUT2D eigenvalue weighted by molar-refractivity contribution is -0.144. The number of carboxylic acids is 1. The van der Waals surface area contributed by atoms with Crippen LogP contribution in [0.4, 0.5) is 4.79 Å². The van der Waals surface area contributed by atoms with E-state index in [1.54, 1.807) is 0 Å². The van der Waals surface area contributed by atoms with E-state index in [1.165, 1.54) is 19.8 Å². The van der Waals surface area contributed by atoms with Crippen LogP contribution in [0.1, 0.15) is 46.0 Å². The van der Waals surface area contributed by atoms with Gasteiger partial charge in [0, 0.05) is 19.8 Å². The Hall–Kier alpha value is -1.30. The molecule has 1 aliphatic rings. The van der Waals surface area contributed by atoms with Crippen LogP contribution in [0.3, 0.4) is 0 Å².